The maximum absolute atomic E-state index is 12.2. The summed E-state index contributed by atoms with van der Waals surface area (Å²) in [5.41, 5.74) is 6.58. The lowest BCUT2D eigenvalue weighted by atomic mass is 10.0. The van der Waals surface area contributed by atoms with Gasteiger partial charge in [-0.2, -0.15) is 0 Å². The van der Waals surface area contributed by atoms with Crippen molar-refractivity contribution in [1.82, 2.24) is 9.80 Å². The molecule has 2 aromatic carbocycles. The molecule has 1 saturated heterocycles. The number of primary amides is 1. The molecule has 0 spiro atoms. The van der Waals surface area contributed by atoms with Crippen LogP contribution >= 0.6 is 0 Å². The number of rotatable bonds is 7. The molecule has 3 unspecified atom stereocenters. The van der Waals surface area contributed by atoms with Gasteiger partial charge in [-0.1, -0.05) is 24.3 Å². The number of piperazine rings is 1. The first kappa shape index (κ1) is 21.4. The SMILES string of the molecule is COc1ccc(C(C(N)=O)N2CCN(CC(O)C3COc4ccccc4O3)CC2)cc1. The Hall–Kier alpha value is -2.81. The van der Waals surface area contributed by atoms with Crippen LogP contribution in [0.5, 0.6) is 17.2 Å². The van der Waals surface area contributed by atoms with E-state index >= 15 is 0 Å². The highest BCUT2D eigenvalue weighted by atomic mass is 16.6. The second-order valence-electron chi connectivity index (χ2n) is 7.90. The van der Waals surface area contributed by atoms with Crippen molar-refractivity contribution in [2.45, 2.75) is 18.2 Å². The number of carbonyl (C=O) groups excluding carboxylic acids is 1. The van der Waals surface area contributed by atoms with Gasteiger partial charge in [0.1, 0.15) is 24.5 Å². The average Bonchev–Trinajstić information content (AvgIpc) is 2.80. The van der Waals surface area contributed by atoms with Crippen LogP contribution in [0.3, 0.4) is 0 Å². The van der Waals surface area contributed by atoms with Gasteiger partial charge in [0.15, 0.2) is 17.6 Å². The van der Waals surface area contributed by atoms with Crippen molar-refractivity contribution in [2.24, 2.45) is 5.73 Å². The molecule has 1 fully saturated rings. The molecule has 0 radical (unpaired) electrons. The van der Waals surface area contributed by atoms with Gasteiger partial charge >= 0.3 is 0 Å². The Morgan fingerprint density at radius 2 is 1.81 bits per heavy atom. The van der Waals surface area contributed by atoms with E-state index in [1.165, 1.54) is 0 Å². The van der Waals surface area contributed by atoms with E-state index in [4.69, 9.17) is 19.9 Å². The number of nitrogens with zero attached hydrogens (tertiary/aromatic N) is 2. The topological polar surface area (TPSA) is 97.5 Å². The van der Waals surface area contributed by atoms with Crippen LogP contribution in [0.1, 0.15) is 11.6 Å². The van der Waals surface area contributed by atoms with E-state index in [1.54, 1.807) is 7.11 Å². The van der Waals surface area contributed by atoms with Gasteiger partial charge in [-0.15, -0.1) is 0 Å². The number of amides is 1. The standard InChI is InChI=1S/C23H29N3O5/c1-29-17-8-6-16(7-9-17)22(23(24)28)26-12-10-25(11-13-26)14-18(27)21-15-30-19-4-2-3-5-20(19)31-21/h2-9,18,21-22,27H,10-15H2,1H3,(H2,24,28). The third kappa shape index (κ3) is 4.92. The van der Waals surface area contributed by atoms with E-state index in [0.717, 1.165) is 24.4 Å². The number of carbonyl (C=O) groups is 1. The van der Waals surface area contributed by atoms with E-state index in [2.05, 4.69) is 9.80 Å². The summed E-state index contributed by atoms with van der Waals surface area (Å²) in [5, 5.41) is 10.7. The fourth-order valence-corrected chi connectivity index (χ4v) is 4.15. The molecule has 2 heterocycles. The molecule has 0 aliphatic carbocycles. The highest BCUT2D eigenvalue weighted by Crippen LogP contribution is 2.32. The van der Waals surface area contributed by atoms with Gasteiger partial charge in [-0.3, -0.25) is 14.6 Å². The normalized spacial score (nSPS) is 21.3. The van der Waals surface area contributed by atoms with Crippen LogP contribution in [0.15, 0.2) is 48.5 Å². The first-order valence-corrected chi connectivity index (χ1v) is 10.5. The zero-order chi connectivity index (χ0) is 21.8. The van der Waals surface area contributed by atoms with Crippen LogP contribution < -0.4 is 19.9 Å². The molecular formula is C23H29N3O5. The van der Waals surface area contributed by atoms with Crippen molar-refractivity contribution in [3.8, 4) is 17.2 Å². The number of hydrogen-bond donors (Lipinski definition) is 2. The van der Waals surface area contributed by atoms with E-state index in [9.17, 15) is 9.90 Å². The van der Waals surface area contributed by atoms with Gasteiger partial charge < -0.3 is 25.1 Å². The lowest BCUT2D eigenvalue weighted by Crippen LogP contribution is -2.54. The number of benzene rings is 2. The summed E-state index contributed by atoms with van der Waals surface area (Å²) in [5.74, 6) is 1.73. The predicted molar refractivity (Wildman–Crippen MR) is 115 cm³/mol. The summed E-state index contributed by atoms with van der Waals surface area (Å²) in [6.45, 7) is 3.60. The van der Waals surface area contributed by atoms with Gasteiger partial charge in [-0.05, 0) is 29.8 Å². The number of aliphatic hydroxyl groups is 1. The molecule has 2 aromatic rings. The zero-order valence-corrected chi connectivity index (χ0v) is 17.6. The fraction of sp³-hybridized carbons (Fsp3) is 0.435. The Kier molecular flexibility index (Phi) is 6.60. The number of hydrogen-bond acceptors (Lipinski definition) is 7. The molecule has 4 rings (SSSR count). The lowest BCUT2D eigenvalue weighted by molar-refractivity contribution is -0.124. The van der Waals surface area contributed by atoms with Crippen molar-refractivity contribution in [3.63, 3.8) is 0 Å². The molecule has 8 heteroatoms. The third-order valence-corrected chi connectivity index (χ3v) is 5.88. The molecule has 1 amide bonds. The van der Waals surface area contributed by atoms with E-state index in [-0.39, 0.29) is 5.91 Å². The van der Waals surface area contributed by atoms with Crippen molar-refractivity contribution < 1.29 is 24.1 Å². The van der Waals surface area contributed by atoms with Crippen LogP contribution in [0.4, 0.5) is 0 Å². The Morgan fingerprint density at radius 1 is 1.13 bits per heavy atom. The van der Waals surface area contributed by atoms with Crippen LogP contribution in [0.25, 0.3) is 0 Å². The van der Waals surface area contributed by atoms with Gasteiger partial charge in [0.2, 0.25) is 5.91 Å². The summed E-state index contributed by atoms with van der Waals surface area (Å²) >= 11 is 0. The second kappa shape index (κ2) is 9.55. The van der Waals surface area contributed by atoms with Crippen LogP contribution in [0.2, 0.25) is 0 Å². The number of aliphatic hydroxyl groups excluding tert-OH is 1. The number of nitrogens with two attached hydrogens (primary N) is 1. The summed E-state index contributed by atoms with van der Waals surface area (Å²) in [4.78, 5) is 16.4. The smallest absolute Gasteiger partial charge is 0.239 e. The minimum Gasteiger partial charge on any atom is -0.497 e. The fourth-order valence-electron chi connectivity index (χ4n) is 4.15. The van der Waals surface area contributed by atoms with Gasteiger partial charge in [0.25, 0.3) is 0 Å². The Bertz CT molecular complexity index is 883. The molecule has 31 heavy (non-hydrogen) atoms. The zero-order valence-electron chi connectivity index (χ0n) is 17.6. The maximum Gasteiger partial charge on any atom is 0.239 e. The number of β-amino-alcohol motifs (C(OH)–C–C–N with tert-alkyl or cyclic N) is 1. The quantitative estimate of drug-likeness (QED) is 0.681. The first-order valence-electron chi connectivity index (χ1n) is 10.5. The van der Waals surface area contributed by atoms with Crippen molar-refractivity contribution >= 4 is 5.91 Å². The minimum atomic E-state index is -0.673. The van der Waals surface area contributed by atoms with E-state index in [1.807, 2.05) is 48.5 Å². The molecular weight excluding hydrogens is 398 g/mol. The second-order valence-corrected chi connectivity index (χ2v) is 7.90. The number of para-hydroxylation sites is 2. The number of fused-ring (bicyclic) bond motifs is 1. The van der Waals surface area contributed by atoms with Gasteiger partial charge in [0.05, 0.1) is 7.11 Å². The summed E-state index contributed by atoms with van der Waals surface area (Å²) < 4.78 is 16.8. The number of methoxy groups -OCH3 is 1. The average molecular weight is 428 g/mol. The predicted octanol–water partition coefficient (Wildman–Crippen LogP) is 1.04. The highest BCUT2D eigenvalue weighted by molar-refractivity contribution is 5.81. The van der Waals surface area contributed by atoms with Crippen LogP contribution in [-0.2, 0) is 4.79 Å². The van der Waals surface area contributed by atoms with E-state index in [0.29, 0.717) is 37.7 Å². The van der Waals surface area contributed by atoms with Gasteiger partial charge in [-0.25, -0.2) is 0 Å². The molecule has 0 bridgehead atoms. The van der Waals surface area contributed by atoms with Crippen molar-refractivity contribution in [3.05, 3.63) is 54.1 Å². The summed E-state index contributed by atoms with van der Waals surface area (Å²) in [7, 11) is 1.61. The maximum atomic E-state index is 12.2. The lowest BCUT2D eigenvalue weighted by Gasteiger charge is -2.39. The first-order chi connectivity index (χ1) is 15.0. The molecule has 0 saturated carbocycles. The molecule has 8 nitrogen and oxygen atoms in total. The number of ether oxygens (including phenoxy) is 3. The van der Waals surface area contributed by atoms with Crippen molar-refractivity contribution in [2.75, 3.05) is 46.4 Å². The molecule has 3 atom stereocenters. The molecule has 3 N–H and O–H groups in total. The van der Waals surface area contributed by atoms with Crippen molar-refractivity contribution in [1.29, 1.82) is 0 Å². The monoisotopic (exact) mass is 427 g/mol. The van der Waals surface area contributed by atoms with E-state index < -0.39 is 18.2 Å². The van der Waals surface area contributed by atoms with Crippen LogP contribution in [-0.4, -0.2) is 79.5 Å². The molecule has 2 aliphatic rings. The Balaban J connectivity index is 1.32. The molecule has 2 aliphatic heterocycles. The third-order valence-electron chi connectivity index (χ3n) is 5.88. The Morgan fingerprint density at radius 3 is 2.45 bits per heavy atom. The largest absolute Gasteiger partial charge is 0.497 e. The summed E-state index contributed by atoms with van der Waals surface area (Å²) in [6.07, 6.45) is -1.08. The van der Waals surface area contributed by atoms with Crippen LogP contribution in [0, 0.1) is 0 Å². The summed E-state index contributed by atoms with van der Waals surface area (Å²) in [6, 6.07) is 14.4. The van der Waals surface area contributed by atoms with Gasteiger partial charge in [0, 0.05) is 32.7 Å². The molecule has 0 aromatic heterocycles. The Labute approximate surface area is 182 Å². The minimum absolute atomic E-state index is 0.319. The molecule has 166 valence electrons. The highest BCUT2D eigenvalue weighted by Gasteiger charge is 2.32.